The summed E-state index contributed by atoms with van der Waals surface area (Å²) < 4.78 is 36.4. The van der Waals surface area contributed by atoms with Crippen molar-refractivity contribution in [3.63, 3.8) is 0 Å². The Morgan fingerprint density at radius 2 is 1.76 bits per heavy atom. The van der Waals surface area contributed by atoms with E-state index >= 15 is 0 Å². The first-order chi connectivity index (χ1) is 11.5. The first kappa shape index (κ1) is 22.4. The van der Waals surface area contributed by atoms with Crippen LogP contribution in [0.4, 0.5) is 5.69 Å². The number of rotatable bonds is 5. The molecule has 10 heteroatoms. The van der Waals surface area contributed by atoms with Crippen LogP contribution in [0.2, 0.25) is 0 Å². The number of nitriles is 1. The summed E-state index contributed by atoms with van der Waals surface area (Å²) in [7, 11) is -2.69. The molecule has 0 unspecified atom stereocenters. The highest BCUT2D eigenvalue weighted by molar-refractivity contribution is 7.79. The minimum atomic E-state index is -4.67. The molecule has 1 aromatic carbocycles. The smallest absolute Gasteiger partial charge is 0.394 e. The lowest BCUT2D eigenvalue weighted by molar-refractivity contribution is -0.137. The van der Waals surface area contributed by atoms with Crippen LogP contribution in [0, 0.1) is 11.3 Å². The van der Waals surface area contributed by atoms with Crippen LogP contribution in [0.1, 0.15) is 19.4 Å². The van der Waals surface area contributed by atoms with E-state index in [9.17, 15) is 4.79 Å². The number of ether oxygens (including phenoxy) is 1. The molecule has 0 aliphatic rings. The van der Waals surface area contributed by atoms with Crippen molar-refractivity contribution in [2.45, 2.75) is 13.8 Å². The molecular formula is C15H21N3O6S. The Bertz CT molecular complexity index is 742. The van der Waals surface area contributed by atoms with Gasteiger partial charge < -0.3 is 15.4 Å². The normalized spacial score (nSPS) is 11.4. The molecule has 0 atom stereocenters. The number of benzene rings is 1. The molecule has 1 aromatic rings. The zero-order valence-corrected chi connectivity index (χ0v) is 14.9. The van der Waals surface area contributed by atoms with E-state index in [4.69, 9.17) is 33.3 Å². The molecule has 0 radical (unpaired) electrons. The second kappa shape index (κ2) is 10.3. The van der Waals surface area contributed by atoms with E-state index in [2.05, 4.69) is 11.8 Å². The van der Waals surface area contributed by atoms with E-state index in [0.29, 0.717) is 5.56 Å². The van der Waals surface area contributed by atoms with Crippen molar-refractivity contribution in [1.82, 2.24) is 0 Å². The monoisotopic (exact) mass is 371 g/mol. The Morgan fingerprint density at radius 1 is 1.28 bits per heavy atom. The molecule has 138 valence electrons. The van der Waals surface area contributed by atoms with Gasteiger partial charge >= 0.3 is 16.4 Å². The zero-order valence-electron chi connectivity index (χ0n) is 14.1. The second-order valence-corrected chi connectivity index (χ2v) is 5.53. The quantitative estimate of drug-likeness (QED) is 0.300. The van der Waals surface area contributed by atoms with Crippen LogP contribution >= 0.6 is 0 Å². The van der Waals surface area contributed by atoms with Gasteiger partial charge in [-0.1, -0.05) is 12.1 Å². The van der Waals surface area contributed by atoms with E-state index in [-0.39, 0.29) is 17.9 Å². The lowest BCUT2D eigenvalue weighted by Gasteiger charge is -2.17. The Hall–Kier alpha value is -2.61. The number of hydrogen-bond donors (Lipinski definition) is 3. The standard InChI is InChI=1S/C15H19N3O2.H2O4S/c1-4-18(3)12-8-6-11(7-9-12)14(17)13(10-16)15(19)20-5-2;1-5(2,3)4/h6-9H,4-5,17H2,1-3H3;(H2,1,2,3,4). The molecule has 0 heterocycles. The summed E-state index contributed by atoms with van der Waals surface area (Å²) in [4.78, 5) is 13.7. The molecule has 0 aromatic heterocycles. The van der Waals surface area contributed by atoms with E-state index in [1.807, 2.05) is 19.2 Å². The van der Waals surface area contributed by atoms with Gasteiger partial charge in [-0.2, -0.15) is 13.7 Å². The third-order valence-electron chi connectivity index (χ3n) is 2.95. The van der Waals surface area contributed by atoms with Gasteiger partial charge in [0.2, 0.25) is 0 Å². The largest absolute Gasteiger partial charge is 0.462 e. The van der Waals surface area contributed by atoms with Crippen molar-refractivity contribution in [3.05, 3.63) is 35.4 Å². The van der Waals surface area contributed by atoms with E-state index in [1.165, 1.54) is 0 Å². The molecule has 0 saturated heterocycles. The highest BCUT2D eigenvalue weighted by Gasteiger charge is 2.15. The van der Waals surface area contributed by atoms with Crippen molar-refractivity contribution >= 4 is 27.8 Å². The molecule has 0 spiro atoms. The average molecular weight is 371 g/mol. The fourth-order valence-electron chi connectivity index (χ4n) is 1.64. The summed E-state index contributed by atoms with van der Waals surface area (Å²) >= 11 is 0. The Labute approximate surface area is 146 Å². The fraction of sp³-hybridized carbons (Fsp3) is 0.333. The van der Waals surface area contributed by atoms with Crippen molar-refractivity contribution in [2.24, 2.45) is 5.73 Å². The van der Waals surface area contributed by atoms with Crippen molar-refractivity contribution in [2.75, 3.05) is 25.1 Å². The number of esters is 1. The van der Waals surface area contributed by atoms with Crippen LogP contribution in [-0.2, 0) is 19.9 Å². The summed E-state index contributed by atoms with van der Waals surface area (Å²) in [6, 6.07) is 9.16. The summed E-state index contributed by atoms with van der Waals surface area (Å²) in [6.07, 6.45) is 0. The number of nitrogens with zero attached hydrogens (tertiary/aromatic N) is 2. The Balaban J connectivity index is 0.00000101. The summed E-state index contributed by atoms with van der Waals surface area (Å²) in [5.41, 5.74) is 7.52. The van der Waals surface area contributed by atoms with Crippen LogP contribution in [0.15, 0.2) is 29.8 Å². The number of nitrogens with two attached hydrogens (primary N) is 1. The van der Waals surface area contributed by atoms with Gasteiger partial charge in [0, 0.05) is 19.3 Å². The minimum Gasteiger partial charge on any atom is -0.462 e. The number of carbonyl (C=O) groups excluding carboxylic acids is 1. The fourth-order valence-corrected chi connectivity index (χ4v) is 1.64. The van der Waals surface area contributed by atoms with Crippen molar-refractivity contribution < 1.29 is 27.1 Å². The molecule has 0 bridgehead atoms. The second-order valence-electron chi connectivity index (χ2n) is 4.63. The third kappa shape index (κ3) is 8.71. The van der Waals surface area contributed by atoms with Crippen molar-refractivity contribution in [3.8, 4) is 6.07 Å². The third-order valence-corrected chi connectivity index (χ3v) is 2.95. The summed E-state index contributed by atoms with van der Waals surface area (Å²) in [6.45, 7) is 4.82. The van der Waals surface area contributed by atoms with Gasteiger partial charge in [-0.25, -0.2) is 4.79 Å². The highest BCUT2D eigenvalue weighted by Crippen LogP contribution is 2.19. The van der Waals surface area contributed by atoms with Crippen LogP contribution in [-0.4, -0.2) is 43.7 Å². The van der Waals surface area contributed by atoms with Gasteiger partial charge in [-0.3, -0.25) is 9.11 Å². The lowest BCUT2D eigenvalue weighted by Crippen LogP contribution is -2.16. The molecular weight excluding hydrogens is 350 g/mol. The van der Waals surface area contributed by atoms with E-state index < -0.39 is 16.4 Å². The first-order valence-corrected chi connectivity index (χ1v) is 8.53. The maximum absolute atomic E-state index is 11.6. The molecule has 0 aliphatic heterocycles. The maximum Gasteiger partial charge on any atom is 0.394 e. The predicted octanol–water partition coefficient (Wildman–Crippen LogP) is 1.25. The summed E-state index contributed by atoms with van der Waals surface area (Å²) in [5, 5.41) is 9.04. The van der Waals surface area contributed by atoms with Crippen LogP contribution in [0.5, 0.6) is 0 Å². The Morgan fingerprint density at radius 3 is 2.12 bits per heavy atom. The number of carbonyl (C=O) groups is 1. The predicted molar refractivity (Wildman–Crippen MR) is 92.9 cm³/mol. The van der Waals surface area contributed by atoms with E-state index in [0.717, 1.165) is 12.2 Å². The molecule has 4 N–H and O–H groups in total. The molecule has 0 aliphatic carbocycles. The van der Waals surface area contributed by atoms with Crippen molar-refractivity contribution in [1.29, 1.82) is 5.26 Å². The van der Waals surface area contributed by atoms with Gasteiger partial charge in [0.05, 0.1) is 12.3 Å². The topological polar surface area (TPSA) is 154 Å². The molecule has 25 heavy (non-hydrogen) atoms. The highest BCUT2D eigenvalue weighted by atomic mass is 32.3. The number of anilines is 1. The first-order valence-electron chi connectivity index (χ1n) is 7.13. The molecule has 0 fully saturated rings. The molecule has 0 amide bonds. The van der Waals surface area contributed by atoms with Gasteiger partial charge in [-0.15, -0.1) is 0 Å². The van der Waals surface area contributed by atoms with Gasteiger partial charge in [0.15, 0.2) is 5.57 Å². The maximum atomic E-state index is 11.6. The number of hydrogen-bond acceptors (Lipinski definition) is 7. The van der Waals surface area contributed by atoms with E-state index in [1.54, 1.807) is 25.1 Å². The van der Waals surface area contributed by atoms with Gasteiger partial charge in [-0.05, 0) is 31.5 Å². The lowest BCUT2D eigenvalue weighted by atomic mass is 10.1. The SMILES string of the molecule is CCOC(=O)C(C#N)=C(N)c1ccc(N(C)CC)cc1.O=S(=O)(O)O. The van der Waals surface area contributed by atoms with Crippen LogP contribution in [0.3, 0.4) is 0 Å². The average Bonchev–Trinajstić information content (AvgIpc) is 2.53. The van der Waals surface area contributed by atoms with Crippen LogP contribution < -0.4 is 10.6 Å². The molecule has 9 nitrogen and oxygen atoms in total. The van der Waals surface area contributed by atoms with Crippen LogP contribution in [0.25, 0.3) is 5.70 Å². The minimum absolute atomic E-state index is 0.136. The van der Waals surface area contributed by atoms with Gasteiger partial charge in [0.25, 0.3) is 0 Å². The zero-order chi connectivity index (χ0) is 19.6. The summed E-state index contributed by atoms with van der Waals surface area (Å²) in [5.74, 6) is -0.692. The molecule has 1 rings (SSSR count). The Kier molecular flexibility index (Phi) is 9.22. The molecule has 0 saturated carbocycles. The van der Waals surface area contributed by atoms with Gasteiger partial charge in [0.1, 0.15) is 6.07 Å².